The Kier molecular flexibility index (Phi) is 7.75. The first-order chi connectivity index (χ1) is 31.2. The van der Waals surface area contributed by atoms with Gasteiger partial charge in [-0.25, -0.2) is 15.0 Å². The van der Waals surface area contributed by atoms with Crippen LogP contribution in [0.3, 0.4) is 0 Å². The molecule has 0 amide bonds. The lowest BCUT2D eigenvalue weighted by atomic mass is 9.61. The lowest BCUT2D eigenvalue weighted by Gasteiger charge is -2.45. The predicted octanol–water partition coefficient (Wildman–Crippen LogP) is 14.1. The van der Waals surface area contributed by atoms with Crippen molar-refractivity contribution >= 4 is 21.8 Å². The van der Waals surface area contributed by atoms with Crippen LogP contribution in [0.15, 0.2) is 218 Å². The smallest absolute Gasteiger partial charge is 0.164 e. The molecule has 1 atom stereocenters. The molecule has 0 N–H and O–H groups in total. The summed E-state index contributed by atoms with van der Waals surface area (Å²) < 4.78 is 9.44. The zero-order valence-electron chi connectivity index (χ0n) is 34.0. The molecule has 0 saturated carbocycles. The summed E-state index contributed by atoms with van der Waals surface area (Å²) in [7, 11) is 0. The molecular weight excluding hydrogens is 769 g/mol. The Morgan fingerprint density at radius 1 is 0.333 bits per heavy atom. The van der Waals surface area contributed by atoms with E-state index in [-0.39, 0.29) is 0 Å². The van der Waals surface area contributed by atoms with Crippen molar-refractivity contribution in [2.75, 3.05) is 0 Å². The minimum absolute atomic E-state index is 0.569. The Balaban J connectivity index is 1.01. The van der Waals surface area contributed by atoms with Crippen LogP contribution in [0.25, 0.3) is 83.9 Å². The second-order valence-corrected chi connectivity index (χ2v) is 16.3. The average molecular weight is 805 g/mol. The first kappa shape index (κ1) is 35.4. The number of hydrogen-bond donors (Lipinski definition) is 0. The zero-order valence-corrected chi connectivity index (χ0v) is 34.0. The molecule has 9 aromatic carbocycles. The molecule has 1 spiro atoms. The van der Waals surface area contributed by atoms with Gasteiger partial charge in [0.1, 0.15) is 11.5 Å². The monoisotopic (exact) mass is 804 g/mol. The van der Waals surface area contributed by atoms with Crippen molar-refractivity contribution in [3.8, 4) is 73.6 Å². The van der Waals surface area contributed by atoms with E-state index in [0.717, 1.165) is 67.3 Å². The van der Waals surface area contributed by atoms with E-state index >= 15 is 0 Å². The number of ether oxygens (including phenoxy) is 1. The molecule has 2 aromatic heterocycles. The molecule has 5 heteroatoms. The quantitative estimate of drug-likeness (QED) is 0.174. The topological polar surface area (TPSA) is 52.8 Å². The molecule has 0 bridgehead atoms. The second-order valence-electron chi connectivity index (χ2n) is 16.3. The van der Waals surface area contributed by atoms with Gasteiger partial charge in [0.15, 0.2) is 17.5 Å². The molecule has 0 radical (unpaired) electrons. The van der Waals surface area contributed by atoms with E-state index in [9.17, 15) is 0 Å². The minimum Gasteiger partial charge on any atom is -0.457 e. The maximum atomic E-state index is 6.99. The molecule has 0 aliphatic carbocycles. The molecule has 2 aliphatic heterocycles. The van der Waals surface area contributed by atoms with Crippen LogP contribution in [0.5, 0.6) is 11.5 Å². The van der Waals surface area contributed by atoms with Crippen LogP contribution in [0.1, 0.15) is 22.3 Å². The SMILES string of the molecule is c1ccc(-c2ccc(-c3nc(-c4ccc(-c5ccccc5)cc4)nc(-c4ccc5c(c4)Oc4ccccc4C54c5ccccc5-n5c6ccccc6c6cccc4c65)n3)cc2)cc1. The van der Waals surface area contributed by atoms with Crippen LogP contribution in [-0.4, -0.2) is 19.5 Å². The van der Waals surface area contributed by atoms with Crippen LogP contribution < -0.4 is 4.74 Å². The largest absolute Gasteiger partial charge is 0.457 e. The van der Waals surface area contributed by atoms with Gasteiger partial charge in [-0.05, 0) is 57.6 Å². The molecule has 294 valence electrons. The van der Waals surface area contributed by atoms with Gasteiger partial charge in [-0.2, -0.15) is 0 Å². The number of nitrogens with zero attached hydrogens (tertiary/aromatic N) is 4. The number of hydrogen-bond acceptors (Lipinski definition) is 4. The summed E-state index contributed by atoms with van der Waals surface area (Å²) in [5.74, 6) is 3.36. The van der Waals surface area contributed by atoms with Gasteiger partial charge >= 0.3 is 0 Å². The van der Waals surface area contributed by atoms with Gasteiger partial charge in [0.2, 0.25) is 0 Å². The van der Waals surface area contributed by atoms with Crippen LogP contribution in [-0.2, 0) is 5.41 Å². The Bertz CT molecular complexity index is 3480. The van der Waals surface area contributed by atoms with Gasteiger partial charge in [-0.1, -0.05) is 194 Å². The fourth-order valence-corrected chi connectivity index (χ4v) is 10.1. The van der Waals surface area contributed by atoms with E-state index in [1.165, 1.54) is 32.9 Å². The van der Waals surface area contributed by atoms with Crippen molar-refractivity contribution in [3.63, 3.8) is 0 Å². The van der Waals surface area contributed by atoms with Crippen molar-refractivity contribution in [2.24, 2.45) is 0 Å². The van der Waals surface area contributed by atoms with Crippen molar-refractivity contribution in [3.05, 3.63) is 241 Å². The third-order valence-corrected chi connectivity index (χ3v) is 12.9. The first-order valence-electron chi connectivity index (χ1n) is 21.3. The lowest BCUT2D eigenvalue weighted by Crippen LogP contribution is -2.37. The normalized spacial score (nSPS) is 14.5. The Morgan fingerprint density at radius 3 is 1.49 bits per heavy atom. The van der Waals surface area contributed by atoms with Crippen molar-refractivity contribution in [1.29, 1.82) is 0 Å². The van der Waals surface area contributed by atoms with E-state index in [0.29, 0.717) is 17.5 Å². The van der Waals surface area contributed by atoms with E-state index < -0.39 is 5.41 Å². The van der Waals surface area contributed by atoms with Crippen LogP contribution in [0, 0.1) is 0 Å². The molecular formula is C58H36N4O. The maximum absolute atomic E-state index is 6.99. The van der Waals surface area contributed by atoms with Crippen LogP contribution in [0.4, 0.5) is 0 Å². The summed E-state index contributed by atoms with van der Waals surface area (Å²) in [6, 6.07) is 77.2. The van der Waals surface area contributed by atoms with Crippen LogP contribution >= 0.6 is 0 Å². The molecule has 13 rings (SSSR count). The van der Waals surface area contributed by atoms with Gasteiger partial charge in [0.25, 0.3) is 0 Å². The third kappa shape index (κ3) is 5.33. The van der Waals surface area contributed by atoms with E-state index in [1.54, 1.807) is 0 Å². The van der Waals surface area contributed by atoms with Gasteiger partial charge in [-0.15, -0.1) is 0 Å². The average Bonchev–Trinajstić information content (AvgIpc) is 3.71. The summed E-state index contributed by atoms with van der Waals surface area (Å²) in [4.78, 5) is 15.5. The minimum atomic E-state index is -0.667. The highest BCUT2D eigenvalue weighted by Gasteiger charge is 2.50. The highest BCUT2D eigenvalue weighted by atomic mass is 16.5. The fourth-order valence-electron chi connectivity index (χ4n) is 10.1. The molecule has 0 saturated heterocycles. The van der Waals surface area contributed by atoms with Gasteiger partial charge in [-0.3, -0.25) is 0 Å². The summed E-state index contributed by atoms with van der Waals surface area (Å²) in [5, 5.41) is 2.47. The Morgan fingerprint density at radius 2 is 0.810 bits per heavy atom. The third-order valence-electron chi connectivity index (χ3n) is 12.9. The number of aromatic nitrogens is 4. The summed E-state index contributed by atoms with van der Waals surface area (Å²) in [6.45, 7) is 0. The molecule has 5 nitrogen and oxygen atoms in total. The molecule has 4 heterocycles. The Labute approximate surface area is 364 Å². The van der Waals surface area contributed by atoms with Gasteiger partial charge < -0.3 is 9.30 Å². The fraction of sp³-hybridized carbons (Fsp3) is 0.0172. The highest BCUT2D eigenvalue weighted by Crippen LogP contribution is 2.60. The molecule has 11 aromatic rings. The molecule has 2 aliphatic rings. The maximum Gasteiger partial charge on any atom is 0.164 e. The molecule has 0 fully saturated rings. The summed E-state index contributed by atoms with van der Waals surface area (Å²) >= 11 is 0. The zero-order chi connectivity index (χ0) is 41.5. The van der Waals surface area contributed by atoms with E-state index in [1.807, 2.05) is 12.1 Å². The standard InChI is InChI=1S/C58H36N4O/c1-3-14-37(15-4-1)39-26-30-41(31-27-39)55-59-56(42-32-28-40(29-33-42)38-16-5-2-6-17-38)61-57(60-55)43-34-35-48-53(36-43)63-52-25-12-9-21-47(52)58(48)46-20-8-11-24-51(46)62-50-23-10-7-18-44(50)45-19-13-22-49(58)54(45)62/h1-36H. The highest BCUT2D eigenvalue weighted by molar-refractivity contribution is 6.12. The number of fused-ring (bicyclic) bond motifs is 11. The molecule has 63 heavy (non-hydrogen) atoms. The number of para-hydroxylation sites is 4. The second kappa shape index (κ2) is 13.8. The predicted molar refractivity (Wildman–Crippen MR) is 253 cm³/mol. The summed E-state index contributed by atoms with van der Waals surface area (Å²) in [6.07, 6.45) is 0. The summed E-state index contributed by atoms with van der Waals surface area (Å²) in [5.41, 5.74) is 14.8. The van der Waals surface area contributed by atoms with Crippen molar-refractivity contribution in [1.82, 2.24) is 19.5 Å². The van der Waals surface area contributed by atoms with Crippen LogP contribution in [0.2, 0.25) is 0 Å². The van der Waals surface area contributed by atoms with Gasteiger partial charge in [0.05, 0.1) is 22.1 Å². The number of benzene rings is 9. The van der Waals surface area contributed by atoms with Gasteiger partial charge in [0, 0.05) is 38.6 Å². The lowest BCUT2D eigenvalue weighted by molar-refractivity contribution is 0.434. The Hall–Kier alpha value is -8.41. The van der Waals surface area contributed by atoms with Crippen molar-refractivity contribution in [2.45, 2.75) is 5.41 Å². The van der Waals surface area contributed by atoms with Crippen molar-refractivity contribution < 1.29 is 4.74 Å². The number of rotatable bonds is 5. The first-order valence-corrected chi connectivity index (χ1v) is 21.3. The van der Waals surface area contributed by atoms with E-state index in [2.05, 4.69) is 211 Å². The molecule has 1 unspecified atom stereocenters. The van der Waals surface area contributed by atoms with E-state index in [4.69, 9.17) is 19.7 Å².